The molecule has 0 spiro atoms. The minimum absolute atomic E-state index is 0.0609. The number of benzene rings is 2. The van der Waals surface area contributed by atoms with Crippen LogP contribution in [0.25, 0.3) is 10.9 Å². The molecule has 352 valence electrons. The molecule has 0 radical (unpaired) electrons. The van der Waals surface area contributed by atoms with Crippen molar-refractivity contribution in [1.82, 2.24) is 36.1 Å². The van der Waals surface area contributed by atoms with Gasteiger partial charge >= 0.3 is 17.9 Å². The van der Waals surface area contributed by atoms with Gasteiger partial charge in [-0.05, 0) is 48.6 Å². The molecule has 24 heteroatoms. The van der Waals surface area contributed by atoms with E-state index in [1.165, 1.54) is 6.20 Å². The average Bonchev–Trinajstić information content (AvgIpc) is 3.23. The third-order valence-electron chi connectivity index (χ3n) is 9.57. The van der Waals surface area contributed by atoms with Crippen LogP contribution in [0.2, 0.25) is 0 Å². The number of para-hydroxylation sites is 1. The molecule has 2 aromatic carbocycles. The number of aliphatic carboxylic acids is 3. The maximum atomic E-state index is 13.3. The average molecular weight is 909 g/mol. The molecule has 24 nitrogen and oxygen atoms in total. The Kier molecular flexibility index (Phi) is 20.5. The normalized spacial score (nSPS) is 12.5. The molecule has 65 heavy (non-hydrogen) atoms. The number of carbonyl (C=O) groups excluding carboxylic acids is 5. The zero-order valence-corrected chi connectivity index (χ0v) is 35.9. The summed E-state index contributed by atoms with van der Waals surface area (Å²) >= 11 is 0. The van der Waals surface area contributed by atoms with Gasteiger partial charge in [0, 0.05) is 49.1 Å². The van der Waals surface area contributed by atoms with Gasteiger partial charge in [0.2, 0.25) is 23.6 Å². The van der Waals surface area contributed by atoms with Gasteiger partial charge in [-0.2, -0.15) is 0 Å². The number of nitrogens with zero attached hydrogens (tertiary/aromatic N) is 4. The molecule has 0 unspecified atom stereocenters. The zero-order valence-electron chi connectivity index (χ0n) is 35.9. The quantitative estimate of drug-likeness (QED) is 0.0207. The van der Waals surface area contributed by atoms with Gasteiger partial charge < -0.3 is 64.2 Å². The van der Waals surface area contributed by atoms with Crippen molar-refractivity contribution in [2.45, 2.75) is 51.4 Å². The second kappa shape index (κ2) is 25.6. The summed E-state index contributed by atoms with van der Waals surface area (Å²) in [5.74, 6) is -8.09. The van der Waals surface area contributed by atoms with Gasteiger partial charge in [0.15, 0.2) is 5.96 Å². The van der Waals surface area contributed by atoms with Crippen LogP contribution in [0.1, 0.15) is 42.6 Å². The topological polar surface area (TPSA) is 387 Å². The van der Waals surface area contributed by atoms with Gasteiger partial charge in [0.05, 0.1) is 43.9 Å². The molecule has 3 aromatic rings. The van der Waals surface area contributed by atoms with Crippen LogP contribution in [0.3, 0.4) is 0 Å². The lowest BCUT2D eigenvalue weighted by Crippen LogP contribution is -2.57. The Morgan fingerprint density at radius 3 is 1.92 bits per heavy atom. The van der Waals surface area contributed by atoms with Crippen molar-refractivity contribution in [2.75, 3.05) is 57.7 Å². The van der Waals surface area contributed by atoms with E-state index in [0.717, 1.165) is 9.80 Å². The van der Waals surface area contributed by atoms with Crippen molar-refractivity contribution in [3.63, 3.8) is 0 Å². The number of hydrogen-bond acceptors (Lipinski definition) is 14. The number of carboxylic acid groups (broad SMARTS) is 3. The number of anilines is 2. The Morgan fingerprint density at radius 2 is 1.37 bits per heavy atom. The Balaban J connectivity index is 1.61. The van der Waals surface area contributed by atoms with Gasteiger partial charge in [-0.1, -0.05) is 38.1 Å². The number of carboxylic acids is 3. The molecule has 0 saturated heterocycles. The lowest BCUT2D eigenvalue weighted by Gasteiger charge is -2.26. The Morgan fingerprint density at radius 1 is 0.754 bits per heavy atom. The summed E-state index contributed by atoms with van der Waals surface area (Å²) in [6.07, 6.45) is 2.14. The Hall–Kier alpha value is -7.44. The van der Waals surface area contributed by atoms with E-state index >= 15 is 0 Å². The summed E-state index contributed by atoms with van der Waals surface area (Å²) < 4.78 is 0. The predicted molar refractivity (Wildman–Crippen MR) is 235 cm³/mol. The number of aliphatic hydroxyl groups is 1. The summed E-state index contributed by atoms with van der Waals surface area (Å²) in [6.45, 7) is -0.205. The first kappa shape index (κ1) is 51.9. The van der Waals surface area contributed by atoms with E-state index in [1.807, 2.05) is 0 Å². The van der Waals surface area contributed by atoms with Crippen LogP contribution in [0.15, 0.2) is 59.7 Å². The van der Waals surface area contributed by atoms with Crippen molar-refractivity contribution in [2.24, 2.45) is 28.1 Å². The van der Waals surface area contributed by atoms with Crippen LogP contribution in [-0.4, -0.2) is 159 Å². The molecular formula is C41H56N12O12. The van der Waals surface area contributed by atoms with Gasteiger partial charge in [0.1, 0.15) is 18.1 Å². The Bertz CT molecular complexity index is 2190. The molecule has 0 bridgehead atoms. The SMILES string of the molecule is CC(C)[C@H](NC(=O)[C@H](CO)NC(=O)CN(CCN(CC(=O)O)CC(=O)O)CC(=O)O)C(=O)NCc1ccc(Nc2ccnc3c(C(=O)N[C@@H](CCCN=C(N)N)C(N)=O)cccc23)cc1. The number of primary amides is 1. The number of fused-ring (bicyclic) bond motifs is 1. The lowest BCUT2D eigenvalue weighted by molar-refractivity contribution is -0.143. The number of hydrogen-bond donors (Lipinski definition) is 12. The van der Waals surface area contributed by atoms with E-state index in [1.54, 1.807) is 62.4 Å². The fraction of sp³-hybridized carbons (Fsp3) is 0.415. The van der Waals surface area contributed by atoms with Crippen LogP contribution >= 0.6 is 0 Å². The monoisotopic (exact) mass is 908 g/mol. The first-order valence-corrected chi connectivity index (χ1v) is 20.3. The van der Waals surface area contributed by atoms with Crippen LogP contribution in [0, 0.1) is 5.92 Å². The minimum Gasteiger partial charge on any atom is -0.480 e. The first-order valence-electron chi connectivity index (χ1n) is 20.3. The largest absolute Gasteiger partial charge is 0.480 e. The number of pyridine rings is 1. The smallest absolute Gasteiger partial charge is 0.317 e. The number of aromatic nitrogens is 1. The van der Waals surface area contributed by atoms with E-state index in [-0.39, 0.29) is 44.1 Å². The molecule has 0 saturated carbocycles. The number of nitrogens with two attached hydrogens (primary N) is 3. The summed E-state index contributed by atoms with van der Waals surface area (Å²) in [5, 5.41) is 51.6. The van der Waals surface area contributed by atoms with E-state index in [0.29, 0.717) is 34.3 Å². The highest BCUT2D eigenvalue weighted by atomic mass is 16.4. The molecule has 5 amide bonds. The summed E-state index contributed by atoms with van der Waals surface area (Å²) in [5.41, 5.74) is 18.8. The molecule has 3 atom stereocenters. The second-order valence-corrected chi connectivity index (χ2v) is 15.1. The van der Waals surface area contributed by atoms with E-state index in [2.05, 4.69) is 36.6 Å². The maximum absolute atomic E-state index is 13.3. The number of carbonyl (C=O) groups is 8. The van der Waals surface area contributed by atoms with E-state index < -0.39 is 104 Å². The fourth-order valence-corrected chi connectivity index (χ4v) is 6.36. The number of guanidine groups is 1. The molecule has 0 aliphatic carbocycles. The van der Waals surface area contributed by atoms with Crippen molar-refractivity contribution in [1.29, 1.82) is 0 Å². The van der Waals surface area contributed by atoms with Gasteiger partial charge in [-0.25, -0.2) is 0 Å². The molecular weight excluding hydrogens is 853 g/mol. The Labute approximate surface area is 373 Å². The van der Waals surface area contributed by atoms with Crippen molar-refractivity contribution < 1.29 is 58.8 Å². The minimum atomic E-state index is -1.53. The summed E-state index contributed by atoms with van der Waals surface area (Å²) in [4.78, 5) is 109. The lowest BCUT2D eigenvalue weighted by atomic mass is 10.0. The summed E-state index contributed by atoms with van der Waals surface area (Å²) in [7, 11) is 0. The van der Waals surface area contributed by atoms with E-state index in [9.17, 15) is 48.6 Å². The molecule has 0 aliphatic rings. The maximum Gasteiger partial charge on any atom is 0.317 e. The first-order chi connectivity index (χ1) is 30.8. The number of rotatable bonds is 28. The van der Waals surface area contributed by atoms with Gasteiger partial charge in [0.25, 0.3) is 5.91 Å². The van der Waals surface area contributed by atoms with Gasteiger partial charge in [-0.15, -0.1) is 0 Å². The molecule has 15 N–H and O–H groups in total. The van der Waals surface area contributed by atoms with Crippen LogP contribution in [-0.2, 0) is 40.1 Å². The third kappa shape index (κ3) is 17.7. The number of aliphatic imine (C=N–C) groups is 1. The standard InChI is InChI=1S/C41H56N12O12/c1-23(2)35(51-39(64)30(22-54)49-31(55)18-52(19-32(56)57)15-16-53(20-33(58)59)21-34(60)61)40(65)47-17-24-8-10-25(11-9-24)48-28-12-14-45-36-26(28)5-3-6-27(36)38(63)50-29(37(42)62)7-4-13-46-41(43)44/h3,5-6,8-12,14,23,29-30,35,54H,4,7,13,15-22H2,1-2H3,(H2,42,62)(H,45,48)(H,47,65)(H,49,55)(H,50,63)(H,51,64)(H,56,57)(H,58,59)(H,60,61)(H4,43,44,46)/t29-,30-,35-/m0/s1. The van der Waals surface area contributed by atoms with Crippen LogP contribution < -0.4 is 43.8 Å². The highest BCUT2D eigenvalue weighted by Crippen LogP contribution is 2.27. The number of aliphatic hydroxyl groups excluding tert-OH is 1. The molecule has 3 rings (SSSR count). The van der Waals surface area contributed by atoms with Crippen LogP contribution in [0.4, 0.5) is 11.4 Å². The third-order valence-corrected chi connectivity index (χ3v) is 9.57. The summed E-state index contributed by atoms with van der Waals surface area (Å²) in [6, 6.07) is 10.2. The molecule has 1 heterocycles. The second-order valence-electron chi connectivity index (χ2n) is 15.1. The molecule has 1 aromatic heterocycles. The predicted octanol–water partition coefficient (Wildman–Crippen LogP) is -2.29. The van der Waals surface area contributed by atoms with Crippen molar-refractivity contribution >= 4 is 75.7 Å². The van der Waals surface area contributed by atoms with E-state index in [4.69, 9.17) is 27.4 Å². The number of amides is 5. The van der Waals surface area contributed by atoms with Crippen molar-refractivity contribution in [3.8, 4) is 0 Å². The van der Waals surface area contributed by atoms with Crippen molar-refractivity contribution in [3.05, 3.63) is 65.9 Å². The zero-order chi connectivity index (χ0) is 48.2. The van der Waals surface area contributed by atoms with Crippen LogP contribution in [0.5, 0.6) is 0 Å². The highest BCUT2D eigenvalue weighted by Gasteiger charge is 2.29. The molecule has 0 fully saturated rings. The number of nitrogens with one attached hydrogen (secondary N) is 5. The molecule has 0 aliphatic heterocycles. The fourth-order valence-electron chi connectivity index (χ4n) is 6.36. The van der Waals surface area contributed by atoms with Gasteiger partial charge in [-0.3, -0.25) is 58.1 Å². The highest BCUT2D eigenvalue weighted by molar-refractivity contribution is 6.09.